The molecule has 1 aliphatic carbocycles. The largest absolute Gasteiger partial charge is 0.314 e. The molecule has 0 radical (unpaired) electrons. The second kappa shape index (κ2) is 19.6. The van der Waals surface area contributed by atoms with Crippen molar-refractivity contribution in [1.82, 2.24) is 4.57 Å². The summed E-state index contributed by atoms with van der Waals surface area (Å²) < 4.78 is 2.47. The van der Waals surface area contributed by atoms with Crippen LogP contribution < -0.4 is 4.90 Å². The maximum Gasteiger partial charge on any atom is 0.0543 e. The van der Waals surface area contributed by atoms with Gasteiger partial charge in [0.1, 0.15) is 0 Å². The molecule has 0 aliphatic heterocycles. The summed E-state index contributed by atoms with van der Waals surface area (Å²) in [5, 5.41) is 3.71. The molecule has 1 aromatic heterocycles. The fraction of sp³-hybridized carbons (Fsp3) is 0.0278. The summed E-state index contributed by atoms with van der Waals surface area (Å²) in [6.45, 7) is 0. The number of aromatic nitrogens is 1. The van der Waals surface area contributed by atoms with Crippen molar-refractivity contribution in [2.45, 2.75) is 12.8 Å². The van der Waals surface area contributed by atoms with Gasteiger partial charge in [-0.15, -0.1) is 0 Å². The van der Waals surface area contributed by atoms with Crippen molar-refractivity contribution < 1.29 is 0 Å². The average Bonchev–Trinajstić information content (AvgIpc) is 3.80. The van der Waals surface area contributed by atoms with Gasteiger partial charge in [0.15, 0.2) is 0 Å². The Labute approximate surface area is 433 Å². The minimum Gasteiger partial charge on any atom is -0.314 e. The SMILES string of the molecule is C1=C(N(c2ccccc2)c2ccccc2)CCc2c1n(-c1ccccc1)c1cc(/C=C/c3ccc4cc(-c5cc(-c6ccccc6)c(-c6ccccc6)c(-c6ccccc6)c5-c5ccccc5)ccc4c3)ccc21. The van der Waals surface area contributed by atoms with Crippen LogP contribution in [0.2, 0.25) is 0 Å². The molecular formula is C72H52N2. The molecule has 11 aromatic carbocycles. The number of nitrogens with zero attached hydrogens (tertiary/aromatic N) is 2. The molecule has 0 unspecified atom stereocenters. The van der Waals surface area contributed by atoms with Crippen molar-refractivity contribution in [3.8, 4) is 61.3 Å². The van der Waals surface area contributed by atoms with Crippen molar-refractivity contribution in [1.29, 1.82) is 0 Å². The normalized spacial score (nSPS) is 12.2. The Balaban J connectivity index is 0.897. The topological polar surface area (TPSA) is 8.17 Å². The number of rotatable bonds is 11. The number of aryl methyl sites for hydroxylation is 1. The third-order valence-corrected chi connectivity index (χ3v) is 14.6. The van der Waals surface area contributed by atoms with Crippen LogP contribution in [0.4, 0.5) is 11.4 Å². The minimum atomic E-state index is 0.938. The maximum absolute atomic E-state index is 2.47. The molecule has 0 saturated carbocycles. The Morgan fingerprint density at radius 1 is 0.351 bits per heavy atom. The van der Waals surface area contributed by atoms with Crippen LogP contribution >= 0.6 is 0 Å². The van der Waals surface area contributed by atoms with Gasteiger partial charge in [0.2, 0.25) is 0 Å². The van der Waals surface area contributed by atoms with E-state index in [9.17, 15) is 0 Å². The van der Waals surface area contributed by atoms with E-state index in [1.54, 1.807) is 0 Å². The first-order valence-electron chi connectivity index (χ1n) is 25.7. The highest BCUT2D eigenvalue weighted by atomic mass is 15.2. The summed E-state index contributed by atoms with van der Waals surface area (Å²) in [5.41, 5.74) is 23.0. The lowest BCUT2D eigenvalue weighted by Crippen LogP contribution is -2.19. The Bertz CT molecular complexity index is 3970. The predicted molar refractivity (Wildman–Crippen MR) is 315 cm³/mol. The standard InChI is InChI=1S/C72H52N2/c1-8-22-53(23-9-1)66-50-67(71(55-26-12-3-13-27-55)72(56-28-14-4-15-29-56)70(66)54-24-10-2-11-25-54)59-42-41-57-46-51(38-40-58(57)48-59)36-37-52-39-44-64-65-45-43-63(49-69(65)74(68(64)47-52)62-34-20-7-21-35-62)73(60-30-16-5-17-31-60)61-32-18-6-19-33-61/h1-42,44,46-50H,43,45H2/b37-36+. The number of para-hydroxylation sites is 3. The first-order chi connectivity index (χ1) is 36.7. The van der Waals surface area contributed by atoms with Crippen LogP contribution in [0.1, 0.15) is 28.8 Å². The van der Waals surface area contributed by atoms with E-state index in [1.807, 2.05) is 0 Å². The summed E-state index contributed by atoms with van der Waals surface area (Å²) in [4.78, 5) is 2.42. The molecule has 2 heteroatoms. The molecule has 1 heterocycles. The molecule has 12 aromatic rings. The molecule has 0 N–H and O–H groups in total. The lowest BCUT2D eigenvalue weighted by atomic mass is 9.78. The third-order valence-electron chi connectivity index (χ3n) is 14.6. The fourth-order valence-electron chi connectivity index (χ4n) is 11.2. The van der Waals surface area contributed by atoms with Crippen molar-refractivity contribution in [3.63, 3.8) is 0 Å². The monoisotopic (exact) mass is 944 g/mol. The summed E-state index contributed by atoms with van der Waals surface area (Å²) in [6.07, 6.45) is 8.84. The van der Waals surface area contributed by atoms with Crippen molar-refractivity contribution in [2.24, 2.45) is 0 Å². The number of allylic oxidation sites excluding steroid dienone is 1. The fourth-order valence-corrected chi connectivity index (χ4v) is 11.2. The molecule has 74 heavy (non-hydrogen) atoms. The molecular weight excluding hydrogens is 893 g/mol. The van der Waals surface area contributed by atoms with Gasteiger partial charge in [-0.2, -0.15) is 0 Å². The number of hydrogen-bond donors (Lipinski definition) is 0. The van der Waals surface area contributed by atoms with Gasteiger partial charge in [0.25, 0.3) is 0 Å². The highest BCUT2D eigenvalue weighted by molar-refractivity contribution is 6.08. The van der Waals surface area contributed by atoms with Gasteiger partial charge in [0, 0.05) is 28.1 Å². The van der Waals surface area contributed by atoms with Gasteiger partial charge in [-0.25, -0.2) is 0 Å². The Morgan fingerprint density at radius 3 is 1.39 bits per heavy atom. The van der Waals surface area contributed by atoms with Crippen LogP contribution in [0.25, 0.3) is 101 Å². The van der Waals surface area contributed by atoms with Gasteiger partial charge < -0.3 is 9.47 Å². The number of benzene rings is 11. The predicted octanol–water partition coefficient (Wildman–Crippen LogP) is 19.4. The Morgan fingerprint density at radius 2 is 0.811 bits per heavy atom. The zero-order valence-electron chi connectivity index (χ0n) is 41.0. The number of hydrogen-bond acceptors (Lipinski definition) is 1. The first kappa shape index (κ1) is 44.4. The van der Waals surface area contributed by atoms with E-state index in [-0.39, 0.29) is 0 Å². The molecule has 2 nitrogen and oxygen atoms in total. The van der Waals surface area contributed by atoms with Crippen LogP contribution in [-0.2, 0) is 6.42 Å². The van der Waals surface area contributed by atoms with E-state index in [1.165, 1.54) is 94.3 Å². The van der Waals surface area contributed by atoms with Gasteiger partial charge in [-0.05, 0) is 163 Å². The summed E-state index contributed by atoms with van der Waals surface area (Å²) in [7, 11) is 0. The second-order valence-corrected chi connectivity index (χ2v) is 19.2. The quantitative estimate of drug-likeness (QED) is 0.117. The molecule has 0 atom stereocenters. The zero-order valence-corrected chi connectivity index (χ0v) is 41.0. The van der Waals surface area contributed by atoms with Crippen molar-refractivity contribution in [3.05, 3.63) is 301 Å². The molecule has 0 saturated heterocycles. The molecule has 0 bridgehead atoms. The Kier molecular flexibility index (Phi) is 11.8. The third kappa shape index (κ3) is 8.43. The van der Waals surface area contributed by atoms with Crippen molar-refractivity contribution >= 4 is 51.3 Å². The van der Waals surface area contributed by atoms with Crippen molar-refractivity contribution in [2.75, 3.05) is 4.90 Å². The van der Waals surface area contributed by atoms with E-state index in [4.69, 9.17) is 0 Å². The van der Waals surface area contributed by atoms with Gasteiger partial charge in [0.05, 0.1) is 11.2 Å². The maximum atomic E-state index is 2.47. The number of anilines is 2. The highest BCUT2D eigenvalue weighted by Crippen LogP contribution is 2.51. The summed E-state index contributed by atoms with van der Waals surface area (Å²) in [5.74, 6) is 0. The molecule has 350 valence electrons. The first-order valence-corrected chi connectivity index (χ1v) is 25.7. The van der Waals surface area contributed by atoms with Gasteiger partial charge in [-0.1, -0.05) is 224 Å². The smallest absolute Gasteiger partial charge is 0.0543 e. The van der Waals surface area contributed by atoms with Crippen LogP contribution in [0.3, 0.4) is 0 Å². The van der Waals surface area contributed by atoms with Gasteiger partial charge in [-0.3, -0.25) is 0 Å². The van der Waals surface area contributed by atoms with E-state index in [2.05, 4.69) is 301 Å². The summed E-state index contributed by atoms with van der Waals surface area (Å²) in [6, 6.07) is 99.2. The van der Waals surface area contributed by atoms with Crippen LogP contribution in [0, 0.1) is 0 Å². The zero-order chi connectivity index (χ0) is 49.2. The van der Waals surface area contributed by atoms with E-state index in [0.717, 1.165) is 41.0 Å². The molecule has 0 amide bonds. The lowest BCUT2D eigenvalue weighted by molar-refractivity contribution is 0.886. The van der Waals surface area contributed by atoms with Crippen LogP contribution in [0.15, 0.2) is 279 Å². The Hall–Kier alpha value is -9.50. The van der Waals surface area contributed by atoms with E-state index < -0.39 is 0 Å². The highest BCUT2D eigenvalue weighted by Gasteiger charge is 2.26. The van der Waals surface area contributed by atoms with Gasteiger partial charge >= 0.3 is 0 Å². The lowest BCUT2D eigenvalue weighted by Gasteiger charge is -2.30. The van der Waals surface area contributed by atoms with Crippen LogP contribution in [0.5, 0.6) is 0 Å². The molecule has 0 spiro atoms. The molecule has 1 aliphatic rings. The minimum absolute atomic E-state index is 0.938. The molecule has 0 fully saturated rings. The average molecular weight is 945 g/mol. The number of fused-ring (bicyclic) bond motifs is 4. The van der Waals surface area contributed by atoms with E-state index in [0.29, 0.717) is 0 Å². The van der Waals surface area contributed by atoms with Crippen LogP contribution in [-0.4, -0.2) is 4.57 Å². The molecule has 13 rings (SSSR count). The second-order valence-electron chi connectivity index (χ2n) is 19.2. The van der Waals surface area contributed by atoms with E-state index >= 15 is 0 Å². The summed E-state index contributed by atoms with van der Waals surface area (Å²) >= 11 is 0.